The highest BCUT2D eigenvalue weighted by Gasteiger charge is 2.49. The zero-order valence-electron chi connectivity index (χ0n) is 25.5. The van der Waals surface area contributed by atoms with Crippen molar-refractivity contribution in [2.24, 2.45) is 5.92 Å². The van der Waals surface area contributed by atoms with E-state index in [9.17, 15) is 19.6 Å². The number of hydrogen-bond acceptors (Lipinski definition) is 11. The number of fused-ring (bicyclic) bond motifs is 1. The summed E-state index contributed by atoms with van der Waals surface area (Å²) in [5.74, 6) is -0.205. The molecule has 2 fully saturated rings. The van der Waals surface area contributed by atoms with Gasteiger partial charge in [0.2, 0.25) is 0 Å². The molecule has 1 aliphatic carbocycles. The molecule has 1 saturated heterocycles. The molecular weight excluding hydrogens is 589 g/mol. The van der Waals surface area contributed by atoms with E-state index in [1.807, 2.05) is 13.8 Å². The maximum Gasteiger partial charge on any atom is 0.459 e. The molecular formula is C30H42N5O8P. The van der Waals surface area contributed by atoms with Gasteiger partial charge in [0.15, 0.2) is 11.9 Å². The van der Waals surface area contributed by atoms with E-state index in [2.05, 4.69) is 20.0 Å². The first-order chi connectivity index (χ1) is 21.0. The van der Waals surface area contributed by atoms with Gasteiger partial charge in [-0.15, -0.1) is 0 Å². The molecule has 0 radical (unpaired) electrons. The number of carbonyl (C=O) groups excluding carboxylic acids is 1. The maximum absolute atomic E-state index is 14.5. The minimum atomic E-state index is -4.30. The number of esters is 1. The molecule has 3 heterocycles. The van der Waals surface area contributed by atoms with Gasteiger partial charge in [0.05, 0.1) is 18.1 Å². The van der Waals surface area contributed by atoms with Gasteiger partial charge in [-0.25, -0.2) is 19.5 Å². The van der Waals surface area contributed by atoms with E-state index < -0.39 is 50.4 Å². The van der Waals surface area contributed by atoms with Gasteiger partial charge in [-0.2, -0.15) is 5.09 Å². The summed E-state index contributed by atoms with van der Waals surface area (Å²) in [4.78, 5) is 26.1. The number of nitrogens with zero attached hydrogens (tertiary/aromatic N) is 4. The second-order valence-electron chi connectivity index (χ2n) is 12.0. The van der Waals surface area contributed by atoms with E-state index >= 15 is 0 Å². The molecule has 2 aromatic heterocycles. The van der Waals surface area contributed by atoms with Crippen LogP contribution in [0, 0.1) is 12.8 Å². The van der Waals surface area contributed by atoms with Crippen molar-refractivity contribution in [3.8, 4) is 5.75 Å². The Bertz CT molecular complexity index is 1450. The molecule has 0 spiro atoms. The topological polar surface area (TPSA) is 167 Å². The lowest BCUT2D eigenvalue weighted by Crippen LogP contribution is -2.43. The summed E-state index contributed by atoms with van der Waals surface area (Å²) in [6.07, 6.45) is 1.65. The predicted molar refractivity (Wildman–Crippen MR) is 161 cm³/mol. The SMILES string of the molecule is Cc1ncnc2c1ncn2[C@@H]1O[C@H](C(C)OP(=O)(NC(CC(C)C)C(=O)OC2CCCCC2)Oc2ccccc2)[C@@H](O)[C@H]1O. The number of nitrogens with one attached hydrogen (secondary N) is 1. The Labute approximate surface area is 256 Å². The van der Waals surface area contributed by atoms with Crippen molar-refractivity contribution >= 4 is 24.9 Å². The van der Waals surface area contributed by atoms with Crippen LogP contribution in [0.1, 0.15) is 71.2 Å². The summed E-state index contributed by atoms with van der Waals surface area (Å²) in [6, 6.07) is 7.49. The van der Waals surface area contributed by atoms with Crippen LogP contribution in [0.3, 0.4) is 0 Å². The second kappa shape index (κ2) is 14.0. The Kier molecular flexibility index (Phi) is 10.3. The Balaban J connectivity index is 1.37. The van der Waals surface area contributed by atoms with Gasteiger partial charge < -0.3 is 24.2 Å². The molecule has 7 atom stereocenters. The number of carbonyl (C=O) groups is 1. The van der Waals surface area contributed by atoms with Crippen molar-refractivity contribution in [1.29, 1.82) is 0 Å². The zero-order valence-corrected chi connectivity index (χ0v) is 26.4. The lowest BCUT2D eigenvalue weighted by atomic mass is 9.97. The first-order valence-corrected chi connectivity index (χ1v) is 16.8. The third-order valence-corrected chi connectivity index (χ3v) is 9.66. The Morgan fingerprint density at radius 2 is 1.82 bits per heavy atom. The largest absolute Gasteiger partial charge is 0.461 e. The Hall–Kier alpha value is -2.93. The minimum Gasteiger partial charge on any atom is -0.461 e. The van der Waals surface area contributed by atoms with Crippen molar-refractivity contribution < 1.29 is 38.1 Å². The number of para-hydroxylation sites is 1. The molecule has 3 N–H and O–H groups in total. The minimum absolute atomic E-state index is 0.0577. The number of imidazole rings is 1. The average Bonchev–Trinajstić information content (AvgIpc) is 3.54. The van der Waals surface area contributed by atoms with Crippen molar-refractivity contribution in [1.82, 2.24) is 24.6 Å². The van der Waals surface area contributed by atoms with Crippen molar-refractivity contribution in [3.63, 3.8) is 0 Å². The number of hydrogen-bond donors (Lipinski definition) is 3. The van der Waals surface area contributed by atoms with Gasteiger partial charge >= 0.3 is 13.7 Å². The van der Waals surface area contributed by atoms with E-state index in [0.717, 1.165) is 32.1 Å². The lowest BCUT2D eigenvalue weighted by molar-refractivity contribution is -0.153. The number of aliphatic hydroxyl groups is 2. The fourth-order valence-electron chi connectivity index (χ4n) is 5.73. The van der Waals surface area contributed by atoms with Gasteiger partial charge in [-0.05, 0) is 64.0 Å². The number of aryl methyl sites for hydroxylation is 1. The van der Waals surface area contributed by atoms with Crippen LogP contribution in [0.15, 0.2) is 43.0 Å². The molecule has 44 heavy (non-hydrogen) atoms. The predicted octanol–water partition coefficient (Wildman–Crippen LogP) is 4.23. The van der Waals surface area contributed by atoms with Crippen LogP contribution in [0.4, 0.5) is 0 Å². The van der Waals surface area contributed by atoms with Crippen LogP contribution in [0.2, 0.25) is 0 Å². The lowest BCUT2D eigenvalue weighted by Gasteiger charge is -2.31. The van der Waals surface area contributed by atoms with E-state index in [4.69, 9.17) is 18.5 Å². The number of aliphatic hydroxyl groups excluding tert-OH is 2. The Morgan fingerprint density at radius 3 is 2.52 bits per heavy atom. The maximum atomic E-state index is 14.5. The normalized spacial score (nSPS) is 25.5. The molecule has 3 unspecified atom stereocenters. The molecule has 5 rings (SSSR count). The van der Waals surface area contributed by atoms with Crippen molar-refractivity contribution in [2.75, 3.05) is 0 Å². The fourth-order valence-corrected chi connectivity index (χ4v) is 7.44. The number of ether oxygens (including phenoxy) is 2. The van der Waals surface area contributed by atoms with E-state index in [1.165, 1.54) is 17.2 Å². The smallest absolute Gasteiger partial charge is 0.459 e. The summed E-state index contributed by atoms with van der Waals surface area (Å²) in [5.41, 5.74) is 1.61. The average molecular weight is 632 g/mol. The molecule has 240 valence electrons. The van der Waals surface area contributed by atoms with Crippen LogP contribution in [-0.4, -0.2) is 72.3 Å². The van der Waals surface area contributed by atoms with Gasteiger partial charge in [0, 0.05) is 0 Å². The van der Waals surface area contributed by atoms with E-state index in [-0.39, 0.29) is 17.8 Å². The zero-order chi connectivity index (χ0) is 31.4. The Morgan fingerprint density at radius 1 is 1.09 bits per heavy atom. The van der Waals surface area contributed by atoms with Crippen LogP contribution in [0.25, 0.3) is 11.2 Å². The summed E-state index contributed by atoms with van der Waals surface area (Å²) >= 11 is 0. The molecule has 1 aliphatic heterocycles. The van der Waals surface area contributed by atoms with Crippen molar-refractivity contribution in [3.05, 3.63) is 48.7 Å². The second-order valence-corrected chi connectivity index (χ2v) is 13.6. The third kappa shape index (κ3) is 7.47. The highest BCUT2D eigenvalue weighted by molar-refractivity contribution is 7.52. The first kappa shape index (κ1) is 32.5. The molecule has 3 aromatic rings. The molecule has 1 aromatic carbocycles. The fraction of sp³-hybridized carbons (Fsp3) is 0.600. The standard InChI is InChI=1S/C30H42N5O8P/c1-18(2)15-23(30(38)40-21-11-7-5-8-12-21)34-44(39,43-22-13-9-6-10-14-22)42-20(4)27-25(36)26(37)29(41-27)35-17-33-24-19(3)31-16-32-28(24)35/h6,9-10,13-14,16-18,20-21,23,25-27,29,36-37H,5,7-8,11-12,15H2,1-4H3,(H,34,39)/t20?,23?,25-,26+,27+,29+,44?/m0/s1. The van der Waals surface area contributed by atoms with Gasteiger partial charge in [0.1, 0.15) is 48.1 Å². The molecule has 13 nitrogen and oxygen atoms in total. The number of aromatic nitrogens is 4. The first-order valence-electron chi connectivity index (χ1n) is 15.2. The van der Waals surface area contributed by atoms with Crippen LogP contribution >= 0.6 is 7.75 Å². The van der Waals surface area contributed by atoms with Crippen LogP contribution in [-0.2, 0) is 23.4 Å². The summed E-state index contributed by atoms with van der Waals surface area (Å²) in [5, 5.41) is 24.9. The number of benzene rings is 1. The summed E-state index contributed by atoms with van der Waals surface area (Å²) in [7, 11) is -4.30. The van der Waals surface area contributed by atoms with Gasteiger partial charge in [-0.3, -0.25) is 13.9 Å². The molecule has 1 saturated carbocycles. The van der Waals surface area contributed by atoms with E-state index in [1.54, 1.807) is 44.2 Å². The van der Waals surface area contributed by atoms with Crippen molar-refractivity contribution in [2.45, 2.75) is 109 Å². The van der Waals surface area contributed by atoms with Crippen LogP contribution < -0.4 is 9.61 Å². The molecule has 2 aliphatic rings. The number of rotatable bonds is 12. The monoisotopic (exact) mass is 631 g/mol. The van der Waals surface area contributed by atoms with Gasteiger partial charge in [-0.1, -0.05) is 38.5 Å². The molecule has 14 heteroatoms. The third-order valence-electron chi connectivity index (χ3n) is 7.97. The quantitative estimate of drug-likeness (QED) is 0.193. The molecule has 0 amide bonds. The van der Waals surface area contributed by atoms with Crippen LogP contribution in [0.5, 0.6) is 5.75 Å². The van der Waals surface area contributed by atoms with E-state index in [0.29, 0.717) is 23.3 Å². The van der Waals surface area contributed by atoms with Gasteiger partial charge in [0.25, 0.3) is 0 Å². The molecule has 0 bridgehead atoms. The summed E-state index contributed by atoms with van der Waals surface area (Å²) < 4.78 is 39.8. The highest BCUT2D eigenvalue weighted by atomic mass is 31.2. The highest BCUT2D eigenvalue weighted by Crippen LogP contribution is 2.48. The summed E-state index contributed by atoms with van der Waals surface area (Å²) in [6.45, 7) is 7.24.